The summed E-state index contributed by atoms with van der Waals surface area (Å²) in [7, 11) is 2.19. The fourth-order valence-electron chi connectivity index (χ4n) is 4.57. The lowest BCUT2D eigenvalue weighted by Gasteiger charge is -2.31. The molecule has 3 aromatic rings. The Balaban J connectivity index is 0.00000192. The van der Waals surface area contributed by atoms with Crippen LogP contribution in [0.2, 0.25) is 0 Å². The van der Waals surface area contributed by atoms with Crippen molar-refractivity contribution in [3.63, 3.8) is 0 Å². The fourth-order valence-corrected chi connectivity index (χ4v) is 4.57. The third kappa shape index (κ3) is 3.79. The van der Waals surface area contributed by atoms with E-state index in [4.69, 9.17) is 9.40 Å². The maximum absolute atomic E-state index is 6.13. The minimum atomic E-state index is 0. The quantitative estimate of drug-likeness (QED) is 0.701. The molecule has 0 spiro atoms. The predicted octanol–water partition coefficient (Wildman–Crippen LogP) is 2.99. The van der Waals surface area contributed by atoms with Crippen LogP contribution in [0.3, 0.4) is 0 Å². The van der Waals surface area contributed by atoms with Crippen LogP contribution in [0.5, 0.6) is 0 Å². The summed E-state index contributed by atoms with van der Waals surface area (Å²) < 4.78 is 6.13. The Morgan fingerprint density at radius 1 is 1.14 bits per heavy atom. The summed E-state index contributed by atoms with van der Waals surface area (Å²) in [5, 5.41) is 4.74. The zero-order valence-electron chi connectivity index (χ0n) is 16.5. The molecule has 0 bridgehead atoms. The molecule has 2 aliphatic rings. The average molecular weight is 404 g/mol. The summed E-state index contributed by atoms with van der Waals surface area (Å²) in [5.41, 5.74) is 4.55. The van der Waals surface area contributed by atoms with E-state index in [9.17, 15) is 0 Å². The Labute approximate surface area is 172 Å². The van der Waals surface area contributed by atoms with Crippen LogP contribution in [0.15, 0.2) is 22.7 Å². The van der Waals surface area contributed by atoms with Gasteiger partial charge in [-0.15, -0.1) is 12.4 Å². The zero-order chi connectivity index (χ0) is 18.2. The first-order chi connectivity index (χ1) is 13.3. The summed E-state index contributed by atoms with van der Waals surface area (Å²) in [6.45, 7) is 7.80. The number of nitrogens with one attached hydrogen (secondary N) is 2. The van der Waals surface area contributed by atoms with Crippen LogP contribution in [0, 0.1) is 0 Å². The Morgan fingerprint density at radius 3 is 2.71 bits per heavy atom. The number of piperazine rings is 1. The number of H-pyrrole nitrogens is 1. The summed E-state index contributed by atoms with van der Waals surface area (Å²) in [4.78, 5) is 13.3. The van der Waals surface area contributed by atoms with E-state index in [0.29, 0.717) is 5.92 Å². The largest absolute Gasteiger partial charge is 0.441 e. The van der Waals surface area contributed by atoms with Crippen molar-refractivity contribution in [3.8, 4) is 0 Å². The minimum Gasteiger partial charge on any atom is -0.441 e. The average Bonchev–Trinajstić information content (AvgIpc) is 3.31. The van der Waals surface area contributed by atoms with Crippen molar-refractivity contribution >= 4 is 34.4 Å². The number of likely N-dealkylation sites (N-methyl/N-ethyl adjacent to an activating group) is 1. The van der Waals surface area contributed by atoms with Crippen LogP contribution in [0.4, 0.5) is 0 Å². The number of hydrogen-bond acceptors (Lipinski definition) is 5. The van der Waals surface area contributed by atoms with Gasteiger partial charge in [-0.2, -0.15) is 0 Å². The second-order valence-electron chi connectivity index (χ2n) is 8.11. The number of rotatable bonds is 4. The van der Waals surface area contributed by atoms with E-state index in [0.717, 1.165) is 69.2 Å². The van der Waals surface area contributed by atoms with Gasteiger partial charge >= 0.3 is 0 Å². The Hall–Kier alpha value is -1.60. The van der Waals surface area contributed by atoms with Crippen molar-refractivity contribution in [3.05, 3.63) is 29.8 Å². The van der Waals surface area contributed by atoms with Gasteiger partial charge in [0.1, 0.15) is 5.52 Å². The molecule has 28 heavy (non-hydrogen) atoms. The normalized spacial score (nSPS) is 20.0. The lowest BCUT2D eigenvalue weighted by Crippen LogP contribution is -2.45. The number of aromatic amines is 1. The zero-order valence-corrected chi connectivity index (χ0v) is 17.4. The first-order valence-electron chi connectivity index (χ1n) is 10.3. The molecule has 0 aliphatic carbocycles. The number of hydrogen-bond donors (Lipinski definition) is 2. The first-order valence-corrected chi connectivity index (χ1v) is 10.3. The number of halogens is 1. The smallest absolute Gasteiger partial charge is 0.196 e. The molecule has 5 rings (SSSR count). The van der Waals surface area contributed by atoms with Crippen molar-refractivity contribution in [2.75, 3.05) is 52.9 Å². The van der Waals surface area contributed by atoms with Gasteiger partial charge in [-0.05, 0) is 56.6 Å². The third-order valence-corrected chi connectivity index (χ3v) is 6.29. The van der Waals surface area contributed by atoms with Gasteiger partial charge in [-0.25, -0.2) is 4.98 Å². The van der Waals surface area contributed by atoms with Crippen LogP contribution >= 0.6 is 12.4 Å². The molecule has 0 unspecified atom stereocenters. The number of nitrogens with zero attached hydrogens (tertiary/aromatic N) is 3. The van der Waals surface area contributed by atoms with Crippen molar-refractivity contribution in [1.82, 2.24) is 25.1 Å². The van der Waals surface area contributed by atoms with Crippen molar-refractivity contribution < 1.29 is 4.42 Å². The molecule has 6 nitrogen and oxygen atoms in total. The van der Waals surface area contributed by atoms with Gasteiger partial charge in [0.25, 0.3) is 0 Å². The Kier molecular flexibility index (Phi) is 5.92. The maximum atomic E-state index is 6.13. The molecule has 4 heterocycles. The van der Waals surface area contributed by atoms with Crippen LogP contribution < -0.4 is 5.32 Å². The Bertz CT molecular complexity index is 922. The van der Waals surface area contributed by atoms with Gasteiger partial charge in [-0.1, -0.05) is 0 Å². The van der Waals surface area contributed by atoms with E-state index in [-0.39, 0.29) is 12.4 Å². The van der Waals surface area contributed by atoms with Crippen molar-refractivity contribution in [2.45, 2.75) is 25.2 Å². The molecule has 0 saturated carbocycles. The van der Waals surface area contributed by atoms with Gasteiger partial charge < -0.3 is 24.5 Å². The number of piperidine rings is 1. The highest BCUT2D eigenvalue weighted by atomic mass is 35.5. The maximum Gasteiger partial charge on any atom is 0.196 e. The SMILES string of the molecule is CN1CCN(CCc2nc3c(ccc4[nH]cc(C5CCNCC5)c43)o2)CC1.Cl. The first kappa shape index (κ1) is 19.7. The van der Waals surface area contributed by atoms with E-state index in [1.54, 1.807) is 0 Å². The van der Waals surface area contributed by atoms with Gasteiger partial charge in [0.15, 0.2) is 11.5 Å². The predicted molar refractivity (Wildman–Crippen MR) is 116 cm³/mol. The highest BCUT2D eigenvalue weighted by molar-refractivity contribution is 6.04. The van der Waals surface area contributed by atoms with Crippen LogP contribution in [-0.4, -0.2) is 72.6 Å². The van der Waals surface area contributed by atoms with Crippen LogP contribution in [0.25, 0.3) is 22.0 Å². The number of aromatic nitrogens is 2. The topological polar surface area (TPSA) is 60.3 Å². The van der Waals surface area contributed by atoms with E-state index in [1.165, 1.54) is 29.3 Å². The molecule has 2 aliphatic heterocycles. The van der Waals surface area contributed by atoms with Crippen molar-refractivity contribution in [2.24, 2.45) is 0 Å². The highest BCUT2D eigenvalue weighted by Crippen LogP contribution is 2.35. The highest BCUT2D eigenvalue weighted by Gasteiger charge is 2.22. The third-order valence-electron chi connectivity index (χ3n) is 6.29. The van der Waals surface area contributed by atoms with E-state index >= 15 is 0 Å². The molecular weight excluding hydrogens is 374 g/mol. The number of benzene rings is 1. The van der Waals surface area contributed by atoms with Gasteiger partial charge in [0.05, 0.1) is 0 Å². The summed E-state index contributed by atoms with van der Waals surface area (Å²) >= 11 is 0. The number of oxazole rings is 1. The fraction of sp³-hybridized carbons (Fsp3) is 0.571. The van der Waals surface area contributed by atoms with Crippen LogP contribution in [-0.2, 0) is 6.42 Å². The molecule has 1 aromatic carbocycles. The molecule has 0 atom stereocenters. The summed E-state index contributed by atoms with van der Waals surface area (Å²) in [6, 6.07) is 4.20. The van der Waals surface area contributed by atoms with Gasteiger partial charge in [0, 0.05) is 56.2 Å². The van der Waals surface area contributed by atoms with Gasteiger partial charge in [-0.3, -0.25) is 0 Å². The molecule has 2 saturated heterocycles. The molecule has 2 aromatic heterocycles. The molecule has 0 amide bonds. The lowest BCUT2D eigenvalue weighted by molar-refractivity contribution is 0.153. The standard InChI is InChI=1S/C21H29N5O.ClH/c1-25-10-12-26(13-11-25)9-6-19-24-21-18(27-19)3-2-17-20(21)16(14-23-17)15-4-7-22-8-5-15;/h2-3,14-15,22-23H,4-13H2,1H3;1H. The monoisotopic (exact) mass is 403 g/mol. The van der Waals surface area contributed by atoms with E-state index in [2.05, 4.69) is 45.5 Å². The van der Waals surface area contributed by atoms with Gasteiger partial charge in [0.2, 0.25) is 0 Å². The lowest BCUT2D eigenvalue weighted by atomic mass is 9.90. The summed E-state index contributed by atoms with van der Waals surface area (Å²) in [6.07, 6.45) is 5.46. The molecule has 0 radical (unpaired) electrons. The van der Waals surface area contributed by atoms with E-state index in [1.807, 2.05) is 0 Å². The van der Waals surface area contributed by atoms with Crippen LogP contribution in [0.1, 0.15) is 30.2 Å². The summed E-state index contributed by atoms with van der Waals surface area (Å²) in [5.74, 6) is 1.48. The molecule has 2 N–H and O–H groups in total. The molecular formula is C21H30ClN5O. The van der Waals surface area contributed by atoms with Crippen molar-refractivity contribution in [1.29, 1.82) is 0 Å². The Morgan fingerprint density at radius 2 is 1.93 bits per heavy atom. The van der Waals surface area contributed by atoms with E-state index < -0.39 is 0 Å². The molecule has 2 fully saturated rings. The molecule has 152 valence electrons. The minimum absolute atomic E-state index is 0. The molecule has 7 heteroatoms. The second kappa shape index (κ2) is 8.41. The second-order valence-corrected chi connectivity index (χ2v) is 8.11. The number of fused-ring (bicyclic) bond motifs is 3.